The minimum absolute atomic E-state index is 0.0765. The van der Waals surface area contributed by atoms with Gasteiger partial charge in [0, 0.05) is 6.20 Å². The number of rotatable bonds is 5. The number of aromatic nitrogens is 1. The minimum atomic E-state index is -1.01. The van der Waals surface area contributed by atoms with E-state index in [-0.39, 0.29) is 23.9 Å². The van der Waals surface area contributed by atoms with Crippen LogP contribution in [-0.4, -0.2) is 47.0 Å². The van der Waals surface area contributed by atoms with Crippen LogP contribution in [0.2, 0.25) is 10.0 Å². The van der Waals surface area contributed by atoms with Crippen molar-refractivity contribution in [2.24, 2.45) is 0 Å². The molecule has 0 unspecified atom stereocenters. The van der Waals surface area contributed by atoms with E-state index in [0.717, 1.165) is 0 Å². The van der Waals surface area contributed by atoms with Gasteiger partial charge in [-0.1, -0.05) is 23.2 Å². The number of likely N-dealkylation sites (N-methyl/N-ethyl adjacent to an activating group) is 1. The zero-order valence-electron chi connectivity index (χ0n) is 9.48. The van der Waals surface area contributed by atoms with Gasteiger partial charge >= 0.3 is 5.97 Å². The summed E-state index contributed by atoms with van der Waals surface area (Å²) in [5, 5.41) is 11.6. The van der Waals surface area contributed by atoms with Crippen molar-refractivity contribution in [3.63, 3.8) is 0 Å². The Labute approximate surface area is 114 Å². The van der Waals surface area contributed by atoms with Crippen molar-refractivity contribution in [1.82, 2.24) is 9.88 Å². The number of hydrogen-bond acceptors (Lipinski definition) is 4. The Morgan fingerprint density at radius 3 is 2.67 bits per heavy atom. The number of anilines is 1. The van der Waals surface area contributed by atoms with Gasteiger partial charge in [0.25, 0.3) is 0 Å². The Kier molecular flexibility index (Phi) is 5.33. The maximum Gasteiger partial charge on any atom is 0.317 e. The molecular weight excluding hydrogens is 281 g/mol. The SMILES string of the molecule is CN(CC(=O)O)CC(=O)Nc1ncc(Cl)cc1Cl. The Bertz CT molecular complexity index is 468. The molecule has 8 heteroatoms. The van der Waals surface area contributed by atoms with E-state index in [2.05, 4.69) is 10.3 Å². The van der Waals surface area contributed by atoms with E-state index in [1.807, 2.05) is 0 Å². The van der Waals surface area contributed by atoms with Crippen LogP contribution < -0.4 is 5.32 Å². The number of nitrogens with one attached hydrogen (secondary N) is 1. The van der Waals surface area contributed by atoms with E-state index in [1.54, 1.807) is 0 Å². The molecule has 98 valence electrons. The third-order valence-corrected chi connectivity index (χ3v) is 2.38. The average Bonchev–Trinajstić information content (AvgIpc) is 2.20. The zero-order chi connectivity index (χ0) is 13.7. The highest BCUT2D eigenvalue weighted by atomic mass is 35.5. The molecule has 1 rings (SSSR count). The molecular formula is C10H11Cl2N3O3. The van der Waals surface area contributed by atoms with E-state index in [4.69, 9.17) is 28.3 Å². The number of aliphatic carboxylic acids is 1. The summed E-state index contributed by atoms with van der Waals surface area (Å²) in [6.45, 7) is -0.303. The molecule has 2 N–H and O–H groups in total. The molecule has 1 aromatic heterocycles. The lowest BCUT2D eigenvalue weighted by molar-refractivity contribution is -0.138. The molecule has 0 radical (unpaired) electrons. The van der Waals surface area contributed by atoms with Gasteiger partial charge in [-0.05, 0) is 13.1 Å². The molecule has 0 aliphatic carbocycles. The molecule has 0 aliphatic heterocycles. The van der Waals surface area contributed by atoms with Gasteiger partial charge in [-0.15, -0.1) is 0 Å². The van der Waals surface area contributed by atoms with Gasteiger partial charge < -0.3 is 10.4 Å². The van der Waals surface area contributed by atoms with Crippen LogP contribution in [0.5, 0.6) is 0 Å². The summed E-state index contributed by atoms with van der Waals surface area (Å²) in [6.07, 6.45) is 1.35. The number of amides is 1. The Morgan fingerprint density at radius 1 is 1.44 bits per heavy atom. The molecule has 0 aliphatic rings. The standard InChI is InChI=1S/C10H11Cl2N3O3/c1-15(5-9(17)18)4-8(16)14-10-7(12)2-6(11)3-13-10/h2-3H,4-5H2,1H3,(H,17,18)(H,13,14,16). The van der Waals surface area contributed by atoms with Crippen LogP contribution in [0.4, 0.5) is 5.82 Å². The third-order valence-electron chi connectivity index (χ3n) is 1.88. The van der Waals surface area contributed by atoms with E-state index < -0.39 is 11.9 Å². The molecule has 6 nitrogen and oxygen atoms in total. The zero-order valence-corrected chi connectivity index (χ0v) is 11.0. The fourth-order valence-electron chi connectivity index (χ4n) is 1.21. The number of carboxylic acid groups (broad SMARTS) is 1. The molecule has 0 saturated heterocycles. The molecule has 1 amide bonds. The summed E-state index contributed by atoms with van der Waals surface area (Å²) in [7, 11) is 1.52. The molecule has 18 heavy (non-hydrogen) atoms. The van der Waals surface area contributed by atoms with Gasteiger partial charge in [0.1, 0.15) is 0 Å². The second kappa shape index (κ2) is 6.53. The first kappa shape index (κ1) is 14.7. The van der Waals surface area contributed by atoms with Gasteiger partial charge in [0.05, 0.1) is 23.1 Å². The largest absolute Gasteiger partial charge is 0.480 e. The number of carbonyl (C=O) groups is 2. The Morgan fingerprint density at radius 2 is 2.11 bits per heavy atom. The fourth-order valence-corrected chi connectivity index (χ4v) is 1.64. The smallest absolute Gasteiger partial charge is 0.317 e. The number of nitrogens with zero attached hydrogens (tertiary/aromatic N) is 2. The van der Waals surface area contributed by atoms with E-state index in [1.165, 1.54) is 24.2 Å². The van der Waals surface area contributed by atoms with Gasteiger partial charge in [-0.2, -0.15) is 0 Å². The van der Waals surface area contributed by atoms with Crippen molar-refractivity contribution in [3.8, 4) is 0 Å². The van der Waals surface area contributed by atoms with Crippen molar-refractivity contribution in [3.05, 3.63) is 22.3 Å². The second-order valence-corrected chi connectivity index (χ2v) is 4.44. The summed E-state index contributed by atoms with van der Waals surface area (Å²) in [5.41, 5.74) is 0. The minimum Gasteiger partial charge on any atom is -0.480 e. The second-order valence-electron chi connectivity index (χ2n) is 3.60. The summed E-state index contributed by atoms with van der Waals surface area (Å²) in [5.74, 6) is -1.22. The lowest BCUT2D eigenvalue weighted by atomic mass is 10.4. The molecule has 0 spiro atoms. The molecule has 0 atom stereocenters. The summed E-state index contributed by atoms with van der Waals surface area (Å²) in [6, 6.07) is 1.45. The van der Waals surface area contributed by atoms with Crippen LogP contribution in [0.3, 0.4) is 0 Å². The topological polar surface area (TPSA) is 82.5 Å². The van der Waals surface area contributed by atoms with Gasteiger partial charge in [0.15, 0.2) is 5.82 Å². The number of carbonyl (C=O) groups excluding carboxylic acids is 1. The maximum atomic E-state index is 11.6. The fraction of sp³-hybridized carbons (Fsp3) is 0.300. The van der Waals surface area contributed by atoms with Gasteiger partial charge in [-0.3, -0.25) is 14.5 Å². The maximum absolute atomic E-state index is 11.6. The quantitative estimate of drug-likeness (QED) is 0.856. The summed E-state index contributed by atoms with van der Waals surface area (Å²) in [4.78, 5) is 27.2. The van der Waals surface area contributed by atoms with Crippen LogP contribution in [-0.2, 0) is 9.59 Å². The summed E-state index contributed by atoms with van der Waals surface area (Å²) >= 11 is 11.5. The molecule has 0 bridgehead atoms. The lowest BCUT2D eigenvalue weighted by Crippen LogP contribution is -2.34. The first-order valence-electron chi connectivity index (χ1n) is 4.89. The monoisotopic (exact) mass is 291 g/mol. The Balaban J connectivity index is 2.56. The first-order valence-corrected chi connectivity index (χ1v) is 5.65. The van der Waals surface area contributed by atoms with Crippen LogP contribution in [0.15, 0.2) is 12.3 Å². The predicted molar refractivity (Wildman–Crippen MR) is 68.0 cm³/mol. The highest BCUT2D eigenvalue weighted by Gasteiger charge is 2.12. The predicted octanol–water partition coefficient (Wildman–Crippen LogP) is 1.34. The van der Waals surface area contributed by atoms with Crippen molar-refractivity contribution in [2.45, 2.75) is 0 Å². The van der Waals surface area contributed by atoms with Crippen molar-refractivity contribution in [2.75, 3.05) is 25.5 Å². The number of hydrogen-bond donors (Lipinski definition) is 2. The highest BCUT2D eigenvalue weighted by Crippen LogP contribution is 2.22. The van der Waals surface area contributed by atoms with Crippen LogP contribution in [0.25, 0.3) is 0 Å². The summed E-state index contributed by atoms with van der Waals surface area (Å²) < 4.78 is 0. The number of pyridine rings is 1. The molecule has 0 aromatic carbocycles. The van der Waals surface area contributed by atoms with Crippen LogP contribution >= 0.6 is 23.2 Å². The normalized spacial score (nSPS) is 10.4. The average molecular weight is 292 g/mol. The van der Waals surface area contributed by atoms with Crippen LogP contribution in [0, 0.1) is 0 Å². The lowest BCUT2D eigenvalue weighted by Gasteiger charge is -2.13. The van der Waals surface area contributed by atoms with Crippen molar-refractivity contribution < 1.29 is 14.7 Å². The van der Waals surface area contributed by atoms with Crippen molar-refractivity contribution >= 4 is 40.9 Å². The van der Waals surface area contributed by atoms with Gasteiger partial charge in [-0.25, -0.2) is 4.98 Å². The highest BCUT2D eigenvalue weighted by molar-refractivity contribution is 6.36. The van der Waals surface area contributed by atoms with E-state index >= 15 is 0 Å². The van der Waals surface area contributed by atoms with E-state index in [0.29, 0.717) is 5.02 Å². The molecule has 0 saturated carbocycles. The van der Waals surface area contributed by atoms with Gasteiger partial charge in [0.2, 0.25) is 5.91 Å². The number of carboxylic acids is 1. The Hall–Kier alpha value is -1.37. The third kappa shape index (κ3) is 4.87. The molecule has 1 heterocycles. The van der Waals surface area contributed by atoms with Crippen molar-refractivity contribution in [1.29, 1.82) is 0 Å². The molecule has 0 fully saturated rings. The van der Waals surface area contributed by atoms with E-state index in [9.17, 15) is 9.59 Å². The first-order chi connectivity index (χ1) is 8.38. The molecule has 1 aromatic rings. The van der Waals surface area contributed by atoms with Crippen LogP contribution in [0.1, 0.15) is 0 Å². The number of halogens is 2.